The van der Waals surface area contributed by atoms with Crippen molar-refractivity contribution in [3.63, 3.8) is 0 Å². The van der Waals surface area contributed by atoms with Crippen LogP contribution in [0.4, 0.5) is 5.69 Å². The molecule has 1 aliphatic rings. The fourth-order valence-corrected chi connectivity index (χ4v) is 1.73. The van der Waals surface area contributed by atoms with E-state index in [0.29, 0.717) is 6.04 Å². The lowest BCUT2D eigenvalue weighted by Crippen LogP contribution is -2.08. The van der Waals surface area contributed by atoms with Gasteiger partial charge in [0.2, 0.25) is 0 Å². The van der Waals surface area contributed by atoms with E-state index in [1.54, 1.807) is 0 Å². The predicted molar refractivity (Wildman–Crippen MR) is 48.0 cm³/mol. The molecule has 1 heterocycles. The largest absolute Gasteiger partial charge is 0.382 e. The van der Waals surface area contributed by atoms with E-state index in [1.807, 2.05) is 0 Å². The van der Waals surface area contributed by atoms with Crippen molar-refractivity contribution in [2.24, 2.45) is 0 Å². The molecular formula is C10H13N. The van der Waals surface area contributed by atoms with Crippen LogP contribution >= 0.6 is 0 Å². The summed E-state index contributed by atoms with van der Waals surface area (Å²) in [6, 6.07) is 7.06. The zero-order valence-electron chi connectivity index (χ0n) is 7.02. The second kappa shape index (κ2) is 2.26. The Bertz CT molecular complexity index is 278. The Hall–Kier alpha value is -0.980. The van der Waals surface area contributed by atoms with Crippen molar-refractivity contribution >= 4 is 5.69 Å². The minimum Gasteiger partial charge on any atom is -0.382 e. The van der Waals surface area contributed by atoms with Crippen LogP contribution in [-0.2, 0) is 6.42 Å². The molecule has 0 spiro atoms. The second-order valence-corrected chi connectivity index (χ2v) is 3.35. The molecule has 2 rings (SSSR count). The standard InChI is InChI=1S/C10H13N/c1-7-4-3-5-10-9(7)6-8(2)11-10/h3-5,8,11H,6H2,1-2H3/t8-/m1/s1. The predicted octanol–water partition coefficient (Wildman–Crippen LogP) is 2.35. The fraction of sp³-hybridized carbons (Fsp3) is 0.400. The van der Waals surface area contributed by atoms with E-state index in [0.717, 1.165) is 0 Å². The quantitative estimate of drug-likeness (QED) is 0.594. The van der Waals surface area contributed by atoms with Gasteiger partial charge in [-0.2, -0.15) is 0 Å². The van der Waals surface area contributed by atoms with Crippen molar-refractivity contribution < 1.29 is 0 Å². The molecular weight excluding hydrogens is 134 g/mol. The molecule has 1 aromatic rings. The third-order valence-corrected chi connectivity index (χ3v) is 2.32. The molecule has 0 saturated carbocycles. The number of fused-ring (bicyclic) bond motifs is 1. The maximum atomic E-state index is 3.44. The molecule has 1 aliphatic heterocycles. The van der Waals surface area contributed by atoms with Gasteiger partial charge in [0.05, 0.1) is 0 Å². The van der Waals surface area contributed by atoms with Crippen molar-refractivity contribution in [1.82, 2.24) is 0 Å². The summed E-state index contributed by atoms with van der Waals surface area (Å²) < 4.78 is 0. The molecule has 1 nitrogen and oxygen atoms in total. The second-order valence-electron chi connectivity index (χ2n) is 3.35. The number of anilines is 1. The van der Waals surface area contributed by atoms with Gasteiger partial charge in [-0.15, -0.1) is 0 Å². The zero-order valence-corrected chi connectivity index (χ0v) is 7.02. The summed E-state index contributed by atoms with van der Waals surface area (Å²) in [5.74, 6) is 0. The first-order valence-corrected chi connectivity index (χ1v) is 4.12. The van der Waals surface area contributed by atoms with Gasteiger partial charge in [-0.1, -0.05) is 12.1 Å². The van der Waals surface area contributed by atoms with Gasteiger partial charge >= 0.3 is 0 Å². The lowest BCUT2D eigenvalue weighted by Gasteiger charge is -2.01. The van der Waals surface area contributed by atoms with Crippen LogP contribution in [0.3, 0.4) is 0 Å². The smallest absolute Gasteiger partial charge is 0.0378 e. The molecule has 1 N–H and O–H groups in total. The first-order valence-electron chi connectivity index (χ1n) is 4.12. The van der Waals surface area contributed by atoms with Gasteiger partial charge in [-0.3, -0.25) is 0 Å². The van der Waals surface area contributed by atoms with E-state index in [-0.39, 0.29) is 0 Å². The maximum Gasteiger partial charge on any atom is 0.0378 e. The molecule has 11 heavy (non-hydrogen) atoms. The summed E-state index contributed by atoms with van der Waals surface area (Å²) in [7, 11) is 0. The first-order chi connectivity index (χ1) is 5.27. The summed E-state index contributed by atoms with van der Waals surface area (Å²) >= 11 is 0. The normalized spacial score (nSPS) is 21.1. The van der Waals surface area contributed by atoms with Gasteiger partial charge in [0.1, 0.15) is 0 Å². The van der Waals surface area contributed by atoms with Crippen molar-refractivity contribution in [3.8, 4) is 0 Å². The SMILES string of the molecule is Cc1cccc2c1C[C@@H](C)N2. The summed E-state index contributed by atoms with van der Waals surface area (Å²) in [5, 5.41) is 3.44. The molecule has 1 aromatic carbocycles. The monoisotopic (exact) mass is 147 g/mol. The molecule has 58 valence electrons. The molecule has 0 saturated heterocycles. The van der Waals surface area contributed by atoms with Gasteiger partial charge in [-0.05, 0) is 37.5 Å². The van der Waals surface area contributed by atoms with Crippen molar-refractivity contribution in [1.29, 1.82) is 0 Å². The Labute approximate surface area is 67.4 Å². The van der Waals surface area contributed by atoms with Crippen LogP contribution in [0.15, 0.2) is 18.2 Å². The fourth-order valence-electron chi connectivity index (χ4n) is 1.73. The van der Waals surface area contributed by atoms with Gasteiger partial charge in [0, 0.05) is 11.7 Å². The lowest BCUT2D eigenvalue weighted by atomic mass is 10.1. The van der Waals surface area contributed by atoms with Crippen LogP contribution in [0.2, 0.25) is 0 Å². The van der Waals surface area contributed by atoms with Crippen LogP contribution in [-0.4, -0.2) is 6.04 Å². The van der Waals surface area contributed by atoms with Gasteiger partial charge < -0.3 is 5.32 Å². The number of hydrogen-bond acceptors (Lipinski definition) is 1. The third-order valence-electron chi connectivity index (χ3n) is 2.32. The molecule has 0 aromatic heterocycles. The molecule has 0 radical (unpaired) electrons. The topological polar surface area (TPSA) is 12.0 Å². The summed E-state index contributed by atoms with van der Waals surface area (Å²) in [6.45, 7) is 4.40. The number of benzene rings is 1. The summed E-state index contributed by atoms with van der Waals surface area (Å²) in [4.78, 5) is 0. The van der Waals surface area contributed by atoms with Gasteiger partial charge in [0.25, 0.3) is 0 Å². The number of rotatable bonds is 0. The Morgan fingerprint density at radius 1 is 1.45 bits per heavy atom. The van der Waals surface area contributed by atoms with Crippen molar-refractivity contribution in [3.05, 3.63) is 29.3 Å². The molecule has 0 bridgehead atoms. The highest BCUT2D eigenvalue weighted by Gasteiger charge is 2.16. The lowest BCUT2D eigenvalue weighted by molar-refractivity contribution is 0.836. The Morgan fingerprint density at radius 3 is 3.00 bits per heavy atom. The van der Waals surface area contributed by atoms with E-state index in [1.165, 1.54) is 23.2 Å². The maximum absolute atomic E-state index is 3.44. The Balaban J connectivity index is 2.49. The summed E-state index contributed by atoms with van der Waals surface area (Å²) in [6.07, 6.45) is 1.18. The van der Waals surface area contributed by atoms with Gasteiger partial charge in [-0.25, -0.2) is 0 Å². The van der Waals surface area contributed by atoms with Gasteiger partial charge in [0.15, 0.2) is 0 Å². The number of aryl methyl sites for hydroxylation is 1. The molecule has 0 unspecified atom stereocenters. The van der Waals surface area contributed by atoms with E-state index in [4.69, 9.17) is 0 Å². The van der Waals surface area contributed by atoms with Crippen molar-refractivity contribution in [2.75, 3.05) is 5.32 Å². The minimum atomic E-state index is 0.617. The average molecular weight is 147 g/mol. The average Bonchev–Trinajstić information content (AvgIpc) is 2.31. The zero-order chi connectivity index (χ0) is 7.84. The molecule has 0 amide bonds. The third kappa shape index (κ3) is 1.01. The van der Waals surface area contributed by atoms with E-state index in [9.17, 15) is 0 Å². The molecule has 0 fully saturated rings. The van der Waals surface area contributed by atoms with Crippen LogP contribution < -0.4 is 5.32 Å². The number of nitrogens with one attached hydrogen (secondary N) is 1. The number of hydrogen-bond donors (Lipinski definition) is 1. The van der Waals surface area contributed by atoms with Crippen molar-refractivity contribution in [2.45, 2.75) is 26.3 Å². The van der Waals surface area contributed by atoms with Crippen LogP contribution in [0.25, 0.3) is 0 Å². The highest BCUT2D eigenvalue weighted by atomic mass is 14.9. The first kappa shape index (κ1) is 6.71. The highest BCUT2D eigenvalue weighted by molar-refractivity contribution is 5.59. The van der Waals surface area contributed by atoms with Crippen LogP contribution in [0.1, 0.15) is 18.1 Å². The Kier molecular flexibility index (Phi) is 1.38. The van der Waals surface area contributed by atoms with E-state index in [2.05, 4.69) is 37.4 Å². The molecule has 1 heteroatoms. The summed E-state index contributed by atoms with van der Waals surface area (Å²) in [5.41, 5.74) is 4.25. The molecule has 0 aliphatic carbocycles. The van der Waals surface area contributed by atoms with Crippen LogP contribution in [0.5, 0.6) is 0 Å². The molecule has 1 atom stereocenters. The van der Waals surface area contributed by atoms with E-state index >= 15 is 0 Å². The minimum absolute atomic E-state index is 0.617. The van der Waals surface area contributed by atoms with E-state index < -0.39 is 0 Å². The highest BCUT2D eigenvalue weighted by Crippen LogP contribution is 2.27. The Morgan fingerprint density at radius 2 is 2.27 bits per heavy atom. The van der Waals surface area contributed by atoms with Crippen LogP contribution in [0, 0.1) is 6.92 Å².